The van der Waals surface area contributed by atoms with Crippen LogP contribution in [-0.2, 0) is 9.59 Å². The first-order valence-corrected chi connectivity index (χ1v) is 11.8. The van der Waals surface area contributed by atoms with Crippen LogP contribution in [0.2, 0.25) is 5.02 Å². The molecule has 0 bridgehead atoms. The molecule has 2 aromatic carbocycles. The largest absolute Gasteiger partial charge is 0.349 e. The van der Waals surface area contributed by atoms with Crippen LogP contribution in [0.1, 0.15) is 50.0 Å². The van der Waals surface area contributed by atoms with Crippen molar-refractivity contribution >= 4 is 40.9 Å². The summed E-state index contributed by atoms with van der Waals surface area (Å²) in [6.45, 7) is 3.42. The van der Waals surface area contributed by atoms with Gasteiger partial charge in [0.2, 0.25) is 11.8 Å². The summed E-state index contributed by atoms with van der Waals surface area (Å²) in [5.74, 6) is 1.26. The van der Waals surface area contributed by atoms with E-state index in [0.29, 0.717) is 21.8 Å². The number of amides is 2. The van der Waals surface area contributed by atoms with Crippen LogP contribution in [0.4, 0.5) is 5.69 Å². The average Bonchev–Trinajstić information content (AvgIpc) is 3.51. The number of hydrogen-bond acceptors (Lipinski definition) is 5. The van der Waals surface area contributed by atoms with Crippen molar-refractivity contribution in [2.45, 2.75) is 43.8 Å². The molecule has 0 radical (unpaired) electrons. The van der Waals surface area contributed by atoms with Crippen LogP contribution in [0.5, 0.6) is 0 Å². The predicted molar refractivity (Wildman–Crippen MR) is 126 cm³/mol. The molecule has 0 saturated heterocycles. The van der Waals surface area contributed by atoms with Gasteiger partial charge < -0.3 is 10.6 Å². The Kier molecular flexibility index (Phi) is 6.81. The normalized spacial score (nSPS) is 14.1. The highest BCUT2D eigenvalue weighted by molar-refractivity contribution is 7.99. The molecular weight excluding hydrogens is 446 g/mol. The van der Waals surface area contributed by atoms with Gasteiger partial charge in [0, 0.05) is 23.6 Å². The second-order valence-corrected chi connectivity index (χ2v) is 9.19. The van der Waals surface area contributed by atoms with E-state index in [4.69, 9.17) is 11.6 Å². The van der Waals surface area contributed by atoms with Crippen LogP contribution < -0.4 is 10.6 Å². The first kappa shape index (κ1) is 22.4. The molecule has 1 aliphatic carbocycles. The monoisotopic (exact) mass is 469 g/mol. The van der Waals surface area contributed by atoms with Crippen molar-refractivity contribution in [3.63, 3.8) is 0 Å². The number of rotatable bonds is 8. The zero-order valence-corrected chi connectivity index (χ0v) is 19.4. The van der Waals surface area contributed by atoms with Gasteiger partial charge in [0.25, 0.3) is 0 Å². The summed E-state index contributed by atoms with van der Waals surface area (Å²) < 4.78 is 1.99. The lowest BCUT2D eigenvalue weighted by Crippen LogP contribution is -2.28. The van der Waals surface area contributed by atoms with Gasteiger partial charge in [-0.2, -0.15) is 0 Å². The van der Waals surface area contributed by atoms with Gasteiger partial charge in [0.05, 0.1) is 17.5 Å². The maximum Gasteiger partial charge on any atom is 0.230 e. The second kappa shape index (κ2) is 9.75. The first-order chi connectivity index (χ1) is 15.4. The number of thioether (sulfide) groups is 1. The summed E-state index contributed by atoms with van der Waals surface area (Å²) in [6.07, 6.45) is 2.15. The third-order valence-electron chi connectivity index (χ3n) is 5.11. The van der Waals surface area contributed by atoms with Gasteiger partial charge in [-0.25, -0.2) is 0 Å². The van der Waals surface area contributed by atoms with Gasteiger partial charge in [-0.05, 0) is 55.7 Å². The molecule has 3 aromatic rings. The maximum absolute atomic E-state index is 12.6. The van der Waals surface area contributed by atoms with Crippen molar-refractivity contribution in [2.75, 3.05) is 11.1 Å². The molecule has 32 heavy (non-hydrogen) atoms. The van der Waals surface area contributed by atoms with Crippen LogP contribution in [0.15, 0.2) is 53.7 Å². The zero-order chi connectivity index (χ0) is 22.7. The molecule has 1 saturated carbocycles. The Balaban J connectivity index is 1.48. The first-order valence-electron chi connectivity index (χ1n) is 10.4. The lowest BCUT2D eigenvalue weighted by atomic mass is 10.1. The van der Waals surface area contributed by atoms with Crippen LogP contribution in [0, 0.1) is 0 Å². The zero-order valence-electron chi connectivity index (χ0n) is 17.8. The minimum absolute atomic E-state index is 0.0908. The Morgan fingerprint density at radius 3 is 2.62 bits per heavy atom. The minimum Gasteiger partial charge on any atom is -0.349 e. The van der Waals surface area contributed by atoms with E-state index in [0.717, 1.165) is 29.9 Å². The molecule has 1 aliphatic rings. The summed E-state index contributed by atoms with van der Waals surface area (Å²) in [4.78, 5) is 24.0. The number of benzene rings is 2. The number of nitrogens with zero attached hydrogens (tertiary/aromatic N) is 3. The fourth-order valence-corrected chi connectivity index (χ4v) is 4.29. The molecule has 2 amide bonds. The van der Waals surface area contributed by atoms with E-state index in [1.807, 2.05) is 60.0 Å². The molecular formula is C23H24ClN5O2S. The molecule has 1 aromatic heterocycles. The Labute approximate surface area is 196 Å². The van der Waals surface area contributed by atoms with Gasteiger partial charge in [-0.3, -0.25) is 14.2 Å². The van der Waals surface area contributed by atoms with Crippen molar-refractivity contribution in [3.8, 4) is 5.69 Å². The van der Waals surface area contributed by atoms with Crippen molar-refractivity contribution in [1.82, 2.24) is 20.1 Å². The highest BCUT2D eigenvalue weighted by Gasteiger charge is 2.31. The van der Waals surface area contributed by atoms with E-state index < -0.39 is 0 Å². The van der Waals surface area contributed by atoms with Gasteiger partial charge in [0.1, 0.15) is 5.82 Å². The Morgan fingerprint density at radius 1 is 1.19 bits per heavy atom. The highest BCUT2D eigenvalue weighted by atomic mass is 35.5. The summed E-state index contributed by atoms with van der Waals surface area (Å²) in [7, 11) is 0. The molecule has 0 aliphatic heterocycles. The predicted octanol–water partition coefficient (Wildman–Crippen LogP) is 4.73. The molecule has 1 unspecified atom stereocenters. The number of nitrogens with one attached hydrogen (secondary N) is 2. The molecule has 2 N–H and O–H groups in total. The summed E-state index contributed by atoms with van der Waals surface area (Å²) in [5, 5.41) is 15.9. The molecule has 166 valence electrons. The molecule has 4 rings (SSSR count). The quantitative estimate of drug-likeness (QED) is 0.466. The van der Waals surface area contributed by atoms with Crippen molar-refractivity contribution in [2.24, 2.45) is 0 Å². The number of carbonyl (C=O) groups excluding carboxylic acids is 2. The number of hydrogen-bond donors (Lipinski definition) is 2. The van der Waals surface area contributed by atoms with Gasteiger partial charge in [0.15, 0.2) is 5.16 Å². The Morgan fingerprint density at radius 2 is 1.94 bits per heavy atom. The van der Waals surface area contributed by atoms with E-state index in [9.17, 15) is 9.59 Å². The van der Waals surface area contributed by atoms with Crippen molar-refractivity contribution in [1.29, 1.82) is 0 Å². The van der Waals surface area contributed by atoms with Crippen molar-refractivity contribution in [3.05, 3.63) is 64.9 Å². The SMILES string of the molecule is CC(=O)Nc1cccc(-n2c(SCC(=O)NC(C)c3ccc(Cl)cc3)nnc2C2CC2)c1. The van der Waals surface area contributed by atoms with Crippen LogP contribution >= 0.6 is 23.4 Å². The second-order valence-electron chi connectivity index (χ2n) is 7.81. The van der Waals surface area contributed by atoms with Crippen LogP contribution in [-0.4, -0.2) is 32.3 Å². The number of anilines is 1. The Bertz CT molecular complexity index is 1130. The number of halogens is 1. The molecule has 0 spiro atoms. The third-order valence-corrected chi connectivity index (χ3v) is 6.29. The number of carbonyl (C=O) groups is 2. The molecule has 7 nitrogen and oxygen atoms in total. The molecule has 1 heterocycles. The molecule has 9 heteroatoms. The fourth-order valence-electron chi connectivity index (χ4n) is 3.40. The maximum atomic E-state index is 12.6. The van der Waals surface area contributed by atoms with Gasteiger partial charge in [-0.15, -0.1) is 10.2 Å². The lowest BCUT2D eigenvalue weighted by Gasteiger charge is -2.15. The standard InChI is InChI=1S/C23H24ClN5O2S/c1-14(16-8-10-18(24)11-9-16)25-21(31)13-32-23-28-27-22(17-6-7-17)29(23)20-5-3-4-19(12-20)26-15(2)30/h3-5,8-12,14,17H,6-7,13H2,1-2H3,(H,25,31)(H,26,30). The van der Waals surface area contributed by atoms with E-state index in [2.05, 4.69) is 20.8 Å². The molecule has 1 atom stereocenters. The smallest absolute Gasteiger partial charge is 0.230 e. The van der Waals surface area contributed by atoms with Crippen LogP contribution in [0.25, 0.3) is 5.69 Å². The van der Waals surface area contributed by atoms with Crippen LogP contribution in [0.3, 0.4) is 0 Å². The lowest BCUT2D eigenvalue weighted by molar-refractivity contribution is -0.119. The Hall–Kier alpha value is -2.84. The third kappa shape index (κ3) is 5.49. The van der Waals surface area contributed by atoms with E-state index in [1.165, 1.54) is 18.7 Å². The summed E-state index contributed by atoms with van der Waals surface area (Å²) >= 11 is 7.29. The van der Waals surface area contributed by atoms with Crippen molar-refractivity contribution < 1.29 is 9.59 Å². The van der Waals surface area contributed by atoms with Gasteiger partial charge >= 0.3 is 0 Å². The fraction of sp³-hybridized carbons (Fsp3) is 0.304. The summed E-state index contributed by atoms with van der Waals surface area (Å²) in [6, 6.07) is 14.9. The molecule has 1 fully saturated rings. The number of aromatic nitrogens is 3. The van der Waals surface area contributed by atoms with E-state index in [1.54, 1.807) is 0 Å². The highest BCUT2D eigenvalue weighted by Crippen LogP contribution is 2.41. The van der Waals surface area contributed by atoms with E-state index >= 15 is 0 Å². The topological polar surface area (TPSA) is 88.9 Å². The summed E-state index contributed by atoms with van der Waals surface area (Å²) in [5.41, 5.74) is 2.55. The van der Waals surface area contributed by atoms with E-state index in [-0.39, 0.29) is 23.6 Å². The average molecular weight is 470 g/mol. The van der Waals surface area contributed by atoms with Gasteiger partial charge in [-0.1, -0.05) is 41.6 Å². The minimum atomic E-state index is -0.130.